The monoisotopic (exact) mass is 573 g/mol. The van der Waals surface area contributed by atoms with Gasteiger partial charge in [-0.3, -0.25) is 0 Å². The summed E-state index contributed by atoms with van der Waals surface area (Å²) < 4.78 is 30.6. The van der Waals surface area contributed by atoms with Crippen molar-refractivity contribution in [2.45, 2.75) is 67.0 Å². The Morgan fingerprint density at radius 3 is 2.39 bits per heavy atom. The van der Waals surface area contributed by atoms with Crippen LogP contribution in [0.1, 0.15) is 29.6 Å². The highest BCUT2D eigenvalue weighted by Gasteiger charge is 2.90. The van der Waals surface area contributed by atoms with E-state index in [4.69, 9.17) is 23.7 Å². The fourth-order valence-corrected chi connectivity index (χ4v) is 11.8. The van der Waals surface area contributed by atoms with Crippen molar-refractivity contribution in [1.29, 1.82) is 0 Å². The van der Waals surface area contributed by atoms with E-state index in [0.717, 1.165) is 19.4 Å². The van der Waals surface area contributed by atoms with Gasteiger partial charge in [-0.2, -0.15) is 0 Å². The Balaban J connectivity index is 1.46. The summed E-state index contributed by atoms with van der Waals surface area (Å²) in [6, 6.07) is 8.46. The Morgan fingerprint density at radius 2 is 1.76 bits per heavy atom. The molecular weight excluding hydrogens is 530 g/mol. The molecule has 0 aromatic heterocycles. The molecule has 1 heterocycles. The zero-order chi connectivity index (χ0) is 29.1. The molecule has 0 amide bonds. The molecule has 6 fully saturated rings. The van der Waals surface area contributed by atoms with Crippen molar-refractivity contribution in [3.63, 3.8) is 0 Å². The zero-order valence-electron chi connectivity index (χ0n) is 24.4. The summed E-state index contributed by atoms with van der Waals surface area (Å²) in [7, 11) is 8.65. The van der Waals surface area contributed by atoms with Crippen LogP contribution in [0.4, 0.5) is 0 Å². The molecule has 1 unspecified atom stereocenters. The minimum Gasteiger partial charge on any atom is -0.455 e. The molecule has 1 saturated heterocycles. The molecule has 10 heteroatoms. The summed E-state index contributed by atoms with van der Waals surface area (Å²) in [5.41, 5.74) is -3.95. The molecule has 6 aliphatic rings. The Bertz CT molecular complexity index is 1200. The third-order valence-electron chi connectivity index (χ3n) is 12.5. The maximum Gasteiger partial charge on any atom is 0.338 e. The van der Waals surface area contributed by atoms with E-state index in [1.54, 1.807) is 45.6 Å². The molecule has 1 aromatic carbocycles. The Hall–Kier alpha value is -1.63. The lowest BCUT2D eigenvalue weighted by Gasteiger charge is -2.69. The van der Waals surface area contributed by atoms with Gasteiger partial charge in [0, 0.05) is 69.6 Å². The highest BCUT2D eigenvalue weighted by Crippen LogP contribution is 2.80. The third-order valence-corrected chi connectivity index (χ3v) is 12.5. The van der Waals surface area contributed by atoms with Crippen LogP contribution >= 0.6 is 0 Å². The lowest BCUT2D eigenvalue weighted by atomic mass is 9.43. The topological polar surface area (TPSA) is 127 Å². The first kappa shape index (κ1) is 28.2. The molecule has 1 spiro atoms. The standard InChI is InChI=1S/C31H43NO9/c1-32-14-28(15-37-2)12-11-18(38-3)30-17-13-29(35)25(41-27(34)16-9-7-6-8-10-16)19(17)31(36,24(33)26(29)40-5)20(23(30)32)21(39-4)22(28)30/h6-10,17-26,33,35-36H,11-15H2,1-5H3/t17-,18+,19-,20?,21+,22-,23-,24+,25-,26+,28+,29-,30+,31-/m0/s1. The molecule has 7 rings (SSSR count). The molecule has 0 radical (unpaired) electrons. The van der Waals surface area contributed by atoms with Gasteiger partial charge in [0.2, 0.25) is 0 Å². The number of ether oxygens (including phenoxy) is 5. The number of likely N-dealkylation sites (tertiary alicyclic amines) is 1. The number of nitrogens with zero attached hydrogens (tertiary/aromatic N) is 1. The number of hydrogen-bond acceptors (Lipinski definition) is 10. The number of rotatable bonds is 7. The molecule has 226 valence electrons. The number of benzene rings is 1. The highest BCUT2D eigenvalue weighted by molar-refractivity contribution is 5.89. The van der Waals surface area contributed by atoms with Gasteiger partial charge in [-0.25, -0.2) is 4.79 Å². The van der Waals surface area contributed by atoms with Crippen LogP contribution in [0.15, 0.2) is 30.3 Å². The van der Waals surface area contributed by atoms with E-state index < -0.39 is 58.8 Å². The molecule has 5 aliphatic carbocycles. The van der Waals surface area contributed by atoms with E-state index in [0.29, 0.717) is 12.2 Å². The van der Waals surface area contributed by atoms with Gasteiger partial charge >= 0.3 is 5.97 Å². The Labute approximate surface area is 240 Å². The second-order valence-electron chi connectivity index (χ2n) is 13.6. The number of esters is 1. The normalized spacial score (nSPS) is 52.9. The van der Waals surface area contributed by atoms with Gasteiger partial charge in [-0.05, 0) is 44.4 Å². The SMILES string of the molecule is COC[C@]12CC[C@@H](OC)[C@@]34[C@H](C([C@@H](OC)[C@@H]13)[C@@]1(O)[C@@H]3[C@H](OC(=O)c5ccccc5)[C@@](O)(C[C@@H]34)[C@H](OC)[C@H]1O)N(C)C2. The first-order valence-electron chi connectivity index (χ1n) is 14.8. The quantitative estimate of drug-likeness (QED) is 0.402. The summed E-state index contributed by atoms with van der Waals surface area (Å²) in [6.07, 6.45) is -2.45. The third kappa shape index (κ3) is 3.08. The second-order valence-corrected chi connectivity index (χ2v) is 13.6. The molecule has 1 aromatic rings. The van der Waals surface area contributed by atoms with E-state index in [2.05, 4.69) is 11.9 Å². The summed E-state index contributed by atoms with van der Waals surface area (Å²) in [5, 5.41) is 37.6. The molecule has 14 atom stereocenters. The fraction of sp³-hybridized carbons (Fsp3) is 0.774. The van der Waals surface area contributed by atoms with Crippen molar-refractivity contribution in [2.24, 2.45) is 34.5 Å². The van der Waals surface area contributed by atoms with Crippen molar-refractivity contribution in [2.75, 3.05) is 48.6 Å². The summed E-state index contributed by atoms with van der Waals surface area (Å²) in [4.78, 5) is 15.8. The van der Waals surface area contributed by atoms with Crippen LogP contribution in [0.2, 0.25) is 0 Å². The van der Waals surface area contributed by atoms with E-state index in [9.17, 15) is 20.1 Å². The Morgan fingerprint density at radius 1 is 1.02 bits per heavy atom. The van der Waals surface area contributed by atoms with Crippen molar-refractivity contribution in [3.05, 3.63) is 35.9 Å². The van der Waals surface area contributed by atoms with Crippen molar-refractivity contribution < 1.29 is 43.8 Å². The first-order chi connectivity index (χ1) is 19.6. The van der Waals surface area contributed by atoms with Crippen LogP contribution in [-0.2, 0) is 23.7 Å². The number of piperidine rings is 1. The predicted molar refractivity (Wildman–Crippen MR) is 145 cm³/mol. The van der Waals surface area contributed by atoms with Gasteiger partial charge in [0.25, 0.3) is 0 Å². The maximum atomic E-state index is 13.5. The fourth-order valence-electron chi connectivity index (χ4n) is 11.8. The number of fused-ring (bicyclic) bond motifs is 2. The van der Waals surface area contributed by atoms with Crippen LogP contribution in [0.5, 0.6) is 0 Å². The lowest BCUT2D eigenvalue weighted by Crippen LogP contribution is -2.79. The van der Waals surface area contributed by atoms with Gasteiger partial charge in [0.15, 0.2) is 0 Å². The van der Waals surface area contributed by atoms with Crippen molar-refractivity contribution >= 4 is 5.97 Å². The molecule has 10 nitrogen and oxygen atoms in total. The first-order valence-corrected chi connectivity index (χ1v) is 14.8. The zero-order valence-corrected chi connectivity index (χ0v) is 24.4. The second kappa shape index (κ2) is 9.19. The largest absolute Gasteiger partial charge is 0.455 e. The average molecular weight is 574 g/mol. The number of methoxy groups -OCH3 is 4. The maximum absolute atomic E-state index is 13.5. The summed E-state index contributed by atoms with van der Waals surface area (Å²) in [5.74, 6) is -2.30. The van der Waals surface area contributed by atoms with Gasteiger partial charge in [0.05, 0.1) is 24.4 Å². The van der Waals surface area contributed by atoms with E-state index in [1.165, 1.54) is 7.11 Å². The van der Waals surface area contributed by atoms with Crippen LogP contribution in [0.3, 0.4) is 0 Å². The highest BCUT2D eigenvalue weighted by atomic mass is 16.6. The lowest BCUT2D eigenvalue weighted by molar-refractivity contribution is -0.313. The minimum atomic E-state index is -1.76. The van der Waals surface area contributed by atoms with Gasteiger partial charge in [-0.15, -0.1) is 0 Å². The molecule has 7 bridgehead atoms. The van der Waals surface area contributed by atoms with E-state index in [-0.39, 0.29) is 35.8 Å². The number of carbonyl (C=O) groups excluding carboxylic acids is 1. The molecule has 41 heavy (non-hydrogen) atoms. The molecule has 5 saturated carbocycles. The van der Waals surface area contributed by atoms with Crippen LogP contribution in [0.25, 0.3) is 0 Å². The predicted octanol–water partition coefficient (Wildman–Crippen LogP) is 0.716. The molecule has 3 N–H and O–H groups in total. The van der Waals surface area contributed by atoms with Crippen molar-refractivity contribution in [3.8, 4) is 0 Å². The van der Waals surface area contributed by atoms with Gasteiger partial charge in [0.1, 0.15) is 29.5 Å². The Kier molecular flexibility index (Phi) is 6.31. The number of aliphatic hydroxyl groups excluding tert-OH is 1. The van der Waals surface area contributed by atoms with E-state index in [1.807, 2.05) is 6.07 Å². The van der Waals surface area contributed by atoms with Crippen LogP contribution < -0.4 is 0 Å². The van der Waals surface area contributed by atoms with E-state index >= 15 is 0 Å². The summed E-state index contributed by atoms with van der Waals surface area (Å²) in [6.45, 7) is 1.29. The smallest absolute Gasteiger partial charge is 0.338 e. The summed E-state index contributed by atoms with van der Waals surface area (Å²) >= 11 is 0. The number of aliphatic hydroxyl groups is 3. The number of hydrogen-bond donors (Lipinski definition) is 3. The minimum absolute atomic E-state index is 0.0644. The molecule has 1 aliphatic heterocycles. The van der Waals surface area contributed by atoms with Crippen LogP contribution in [-0.4, -0.2) is 123 Å². The molecular formula is C31H43NO9. The van der Waals surface area contributed by atoms with Crippen molar-refractivity contribution in [1.82, 2.24) is 4.90 Å². The van der Waals surface area contributed by atoms with Gasteiger partial charge in [-0.1, -0.05) is 18.2 Å². The average Bonchev–Trinajstić information content (AvgIpc) is 3.36. The number of carbonyl (C=O) groups is 1. The van der Waals surface area contributed by atoms with Gasteiger partial charge < -0.3 is 43.9 Å². The van der Waals surface area contributed by atoms with Crippen LogP contribution in [0, 0.1) is 34.5 Å².